The van der Waals surface area contributed by atoms with Gasteiger partial charge in [-0.2, -0.15) is 0 Å². The molecule has 0 aliphatic carbocycles. The van der Waals surface area contributed by atoms with Gasteiger partial charge in [0.2, 0.25) is 10.0 Å². The highest BCUT2D eigenvalue weighted by Crippen LogP contribution is 2.27. The second kappa shape index (κ2) is 8.78. The fourth-order valence-corrected chi connectivity index (χ4v) is 3.81. The zero-order valence-corrected chi connectivity index (χ0v) is 15.4. The molecule has 3 N–H and O–H groups in total. The molecule has 0 spiro atoms. The number of nitrogens with zero attached hydrogens (tertiary/aromatic N) is 1. The maximum absolute atomic E-state index is 12.3. The van der Waals surface area contributed by atoms with Crippen molar-refractivity contribution in [1.82, 2.24) is 4.72 Å². The summed E-state index contributed by atoms with van der Waals surface area (Å²) in [5.41, 5.74) is 5.39. The molecule has 1 aromatic carbocycles. The molecule has 0 radical (unpaired) electrons. The zero-order valence-electron chi connectivity index (χ0n) is 12.2. The molecule has 1 unspecified atom stereocenters. The Hall–Kier alpha value is -0.740. The van der Waals surface area contributed by atoms with Crippen LogP contribution >= 0.6 is 28.3 Å². The van der Waals surface area contributed by atoms with E-state index in [1.165, 1.54) is 12.1 Å². The second-order valence-corrected chi connectivity index (χ2v) is 7.62. The van der Waals surface area contributed by atoms with Crippen LogP contribution in [0.4, 0.5) is 5.69 Å². The first-order valence-electron chi connectivity index (χ1n) is 6.33. The topological polar surface area (TPSA) is 115 Å². The van der Waals surface area contributed by atoms with Gasteiger partial charge in [0.15, 0.2) is 0 Å². The Balaban J connectivity index is 0.00000441. The largest absolute Gasteiger partial charge is 0.329 e. The van der Waals surface area contributed by atoms with E-state index in [0.29, 0.717) is 12.3 Å². The number of nitro groups is 1. The van der Waals surface area contributed by atoms with Crippen LogP contribution in [0.5, 0.6) is 0 Å². The quantitative estimate of drug-likeness (QED) is 0.523. The second-order valence-electron chi connectivity index (χ2n) is 5.05. The molecule has 126 valence electrons. The molecule has 0 heterocycles. The van der Waals surface area contributed by atoms with Crippen LogP contribution in [0.1, 0.15) is 20.3 Å². The third-order valence-electron chi connectivity index (χ3n) is 2.79. The van der Waals surface area contributed by atoms with E-state index in [2.05, 4.69) is 20.7 Å². The Bertz CT molecular complexity index is 625. The summed E-state index contributed by atoms with van der Waals surface area (Å²) in [5, 5.41) is 10.7. The van der Waals surface area contributed by atoms with Crippen molar-refractivity contribution in [2.24, 2.45) is 11.7 Å². The highest BCUT2D eigenvalue weighted by atomic mass is 79.9. The van der Waals surface area contributed by atoms with Crippen LogP contribution in [-0.4, -0.2) is 25.9 Å². The summed E-state index contributed by atoms with van der Waals surface area (Å²) in [5.74, 6) is 0.296. The molecule has 0 fully saturated rings. The Morgan fingerprint density at radius 1 is 1.41 bits per heavy atom. The molecule has 0 amide bonds. The minimum absolute atomic E-state index is 0. The van der Waals surface area contributed by atoms with Gasteiger partial charge in [-0.1, -0.05) is 13.8 Å². The van der Waals surface area contributed by atoms with Gasteiger partial charge in [0.1, 0.15) is 0 Å². The first-order valence-corrected chi connectivity index (χ1v) is 8.61. The molecule has 0 aliphatic heterocycles. The lowest BCUT2D eigenvalue weighted by molar-refractivity contribution is -0.385. The Labute approximate surface area is 144 Å². The predicted molar refractivity (Wildman–Crippen MR) is 90.7 cm³/mol. The monoisotopic (exact) mass is 415 g/mol. The smallest absolute Gasteiger partial charge is 0.283 e. The summed E-state index contributed by atoms with van der Waals surface area (Å²) in [7, 11) is -3.76. The molecular formula is C12H19BrClN3O4S. The fourth-order valence-electron chi connectivity index (χ4n) is 1.85. The summed E-state index contributed by atoms with van der Waals surface area (Å²) in [6, 6.07) is 3.19. The van der Waals surface area contributed by atoms with E-state index in [4.69, 9.17) is 5.73 Å². The first-order chi connectivity index (χ1) is 9.67. The molecule has 0 bridgehead atoms. The van der Waals surface area contributed by atoms with E-state index < -0.39 is 14.9 Å². The van der Waals surface area contributed by atoms with Gasteiger partial charge in [0, 0.05) is 18.7 Å². The summed E-state index contributed by atoms with van der Waals surface area (Å²) in [6.45, 7) is 4.13. The third-order valence-corrected chi connectivity index (χ3v) is 4.94. The summed E-state index contributed by atoms with van der Waals surface area (Å²) in [6.07, 6.45) is 0.615. The number of hydrogen-bond donors (Lipinski definition) is 2. The molecule has 0 aliphatic rings. The van der Waals surface area contributed by atoms with Crippen LogP contribution in [-0.2, 0) is 10.0 Å². The van der Waals surface area contributed by atoms with Crippen molar-refractivity contribution in [3.8, 4) is 0 Å². The molecule has 1 rings (SSSR count). The van der Waals surface area contributed by atoms with E-state index in [1.54, 1.807) is 0 Å². The van der Waals surface area contributed by atoms with E-state index in [-0.39, 0.29) is 40.0 Å². The van der Waals surface area contributed by atoms with E-state index in [0.717, 1.165) is 6.07 Å². The number of hydrogen-bond acceptors (Lipinski definition) is 5. The van der Waals surface area contributed by atoms with Crippen molar-refractivity contribution in [3.05, 3.63) is 32.8 Å². The highest BCUT2D eigenvalue weighted by Gasteiger charge is 2.22. The molecule has 0 saturated carbocycles. The van der Waals surface area contributed by atoms with Crippen LogP contribution in [0.25, 0.3) is 0 Å². The molecule has 22 heavy (non-hydrogen) atoms. The van der Waals surface area contributed by atoms with Gasteiger partial charge in [-0.3, -0.25) is 10.1 Å². The summed E-state index contributed by atoms with van der Waals surface area (Å²) in [4.78, 5) is 10.1. The van der Waals surface area contributed by atoms with Crippen LogP contribution in [0.2, 0.25) is 0 Å². The van der Waals surface area contributed by atoms with Crippen molar-refractivity contribution in [2.45, 2.75) is 31.2 Å². The van der Waals surface area contributed by atoms with Crippen molar-refractivity contribution < 1.29 is 13.3 Å². The van der Waals surface area contributed by atoms with Crippen LogP contribution in [0, 0.1) is 16.0 Å². The Morgan fingerprint density at radius 3 is 2.41 bits per heavy atom. The lowest BCUT2D eigenvalue weighted by Gasteiger charge is -2.18. The van der Waals surface area contributed by atoms with Crippen LogP contribution in [0.3, 0.4) is 0 Å². The Kier molecular flexibility index (Phi) is 8.48. The first kappa shape index (κ1) is 21.3. The minimum Gasteiger partial charge on any atom is -0.329 e. The standard InChI is InChI=1S/C12H18BrN3O4S.ClH/c1-8(2)5-9(7-14)15-21(19,20)10-3-4-12(16(17)18)11(13)6-10;/h3-4,6,8-9,15H,5,7,14H2,1-2H3;1H. The summed E-state index contributed by atoms with van der Waals surface area (Å²) >= 11 is 3.01. The molecule has 1 atom stereocenters. The van der Waals surface area contributed by atoms with E-state index >= 15 is 0 Å². The van der Waals surface area contributed by atoms with Crippen molar-refractivity contribution in [1.29, 1.82) is 0 Å². The van der Waals surface area contributed by atoms with E-state index in [1.807, 2.05) is 13.8 Å². The van der Waals surface area contributed by atoms with Gasteiger partial charge in [0.25, 0.3) is 5.69 Å². The number of benzene rings is 1. The number of nitrogens with one attached hydrogen (secondary N) is 1. The van der Waals surface area contributed by atoms with Crippen LogP contribution in [0.15, 0.2) is 27.6 Å². The maximum atomic E-state index is 12.3. The normalized spacial score (nSPS) is 12.8. The van der Waals surface area contributed by atoms with E-state index in [9.17, 15) is 18.5 Å². The minimum atomic E-state index is -3.76. The fraction of sp³-hybridized carbons (Fsp3) is 0.500. The lowest BCUT2D eigenvalue weighted by atomic mass is 10.1. The number of nitro benzene ring substituents is 1. The molecule has 10 heteroatoms. The average Bonchev–Trinajstić information content (AvgIpc) is 2.36. The summed E-state index contributed by atoms with van der Waals surface area (Å²) < 4.78 is 27.2. The highest BCUT2D eigenvalue weighted by molar-refractivity contribution is 9.10. The number of halogens is 2. The van der Waals surface area contributed by atoms with Crippen molar-refractivity contribution in [2.75, 3.05) is 6.54 Å². The maximum Gasteiger partial charge on any atom is 0.283 e. The lowest BCUT2D eigenvalue weighted by Crippen LogP contribution is -2.40. The number of nitrogens with two attached hydrogens (primary N) is 1. The van der Waals surface area contributed by atoms with Gasteiger partial charge < -0.3 is 5.73 Å². The van der Waals surface area contributed by atoms with Crippen LogP contribution < -0.4 is 10.5 Å². The molecule has 0 saturated heterocycles. The van der Waals surface area contributed by atoms with Gasteiger partial charge in [0.05, 0.1) is 14.3 Å². The molecule has 7 nitrogen and oxygen atoms in total. The number of sulfonamides is 1. The molecule has 1 aromatic rings. The van der Waals surface area contributed by atoms with Gasteiger partial charge in [-0.15, -0.1) is 12.4 Å². The van der Waals surface area contributed by atoms with Crippen molar-refractivity contribution in [3.63, 3.8) is 0 Å². The Morgan fingerprint density at radius 2 is 2.00 bits per heavy atom. The third kappa shape index (κ3) is 5.81. The molecule has 0 aromatic heterocycles. The van der Waals surface area contributed by atoms with Gasteiger partial charge in [-0.25, -0.2) is 13.1 Å². The number of rotatable bonds is 7. The van der Waals surface area contributed by atoms with Crippen molar-refractivity contribution >= 4 is 44.0 Å². The zero-order chi connectivity index (χ0) is 16.2. The average molecular weight is 417 g/mol. The van der Waals surface area contributed by atoms with Gasteiger partial charge in [-0.05, 0) is 40.4 Å². The molecular weight excluding hydrogens is 398 g/mol. The SMILES string of the molecule is CC(C)CC(CN)NS(=O)(=O)c1ccc([N+](=O)[O-])c(Br)c1.Cl. The van der Waals surface area contributed by atoms with Gasteiger partial charge >= 0.3 is 0 Å². The predicted octanol–water partition coefficient (Wildman–Crippen LogP) is 2.43.